The highest BCUT2D eigenvalue weighted by atomic mass is 32.2. The smallest absolute Gasteiger partial charge is 0.125 e. The van der Waals surface area contributed by atoms with Crippen molar-refractivity contribution in [2.24, 2.45) is 10.1 Å². The molecule has 2 heterocycles. The molecule has 42 valence electrons. The summed E-state index contributed by atoms with van der Waals surface area (Å²) in [6.07, 6.45) is 0. The quantitative estimate of drug-likeness (QED) is 0.499. The van der Waals surface area contributed by atoms with Gasteiger partial charge in [-0.3, -0.25) is 4.99 Å². The molecule has 0 aliphatic carbocycles. The number of hydrazone groups is 1. The van der Waals surface area contributed by atoms with Gasteiger partial charge in [-0.1, -0.05) is 11.8 Å². The molecule has 2 aliphatic rings. The SMILES string of the molecule is C1=NC2CNN=C2S1. The van der Waals surface area contributed by atoms with Gasteiger partial charge in [0.2, 0.25) is 0 Å². The van der Waals surface area contributed by atoms with Crippen LogP contribution in [0.5, 0.6) is 0 Å². The first kappa shape index (κ1) is 4.38. The highest BCUT2D eigenvalue weighted by molar-refractivity contribution is 8.25. The number of fused-ring (bicyclic) bond motifs is 1. The fourth-order valence-electron chi connectivity index (χ4n) is 0.751. The summed E-state index contributed by atoms with van der Waals surface area (Å²) >= 11 is 1.61. The molecule has 1 unspecified atom stereocenters. The third-order valence-electron chi connectivity index (χ3n) is 1.17. The van der Waals surface area contributed by atoms with Crippen LogP contribution >= 0.6 is 11.8 Å². The summed E-state index contributed by atoms with van der Waals surface area (Å²) in [7, 11) is 0. The van der Waals surface area contributed by atoms with Gasteiger partial charge in [-0.2, -0.15) is 5.10 Å². The van der Waals surface area contributed by atoms with E-state index in [1.54, 1.807) is 11.8 Å². The first-order valence-electron chi connectivity index (χ1n) is 2.45. The molecule has 1 atom stereocenters. The summed E-state index contributed by atoms with van der Waals surface area (Å²) < 4.78 is 0. The van der Waals surface area contributed by atoms with E-state index < -0.39 is 0 Å². The lowest BCUT2D eigenvalue weighted by Crippen LogP contribution is -2.13. The minimum atomic E-state index is 0.347. The zero-order valence-corrected chi connectivity index (χ0v) is 4.98. The first-order chi connectivity index (χ1) is 3.97. The second kappa shape index (κ2) is 1.48. The van der Waals surface area contributed by atoms with Gasteiger partial charge in [0, 0.05) is 0 Å². The van der Waals surface area contributed by atoms with Gasteiger partial charge in [0.15, 0.2) is 0 Å². The molecular formula is C4H5N3S. The van der Waals surface area contributed by atoms with E-state index in [9.17, 15) is 0 Å². The van der Waals surface area contributed by atoms with Gasteiger partial charge in [0.1, 0.15) is 11.1 Å². The van der Waals surface area contributed by atoms with E-state index in [1.165, 1.54) is 0 Å². The lowest BCUT2D eigenvalue weighted by molar-refractivity contribution is 0.758. The maximum Gasteiger partial charge on any atom is 0.125 e. The summed E-state index contributed by atoms with van der Waals surface area (Å²) in [6.45, 7) is 0.888. The number of nitrogens with one attached hydrogen (secondary N) is 1. The minimum Gasteiger partial charge on any atom is -0.307 e. The largest absolute Gasteiger partial charge is 0.307 e. The molecule has 0 aromatic rings. The van der Waals surface area contributed by atoms with E-state index in [1.807, 2.05) is 5.55 Å². The van der Waals surface area contributed by atoms with E-state index in [0.717, 1.165) is 11.6 Å². The van der Waals surface area contributed by atoms with E-state index in [4.69, 9.17) is 0 Å². The van der Waals surface area contributed by atoms with Crippen molar-refractivity contribution >= 4 is 22.4 Å². The zero-order chi connectivity index (χ0) is 5.40. The predicted octanol–water partition coefficient (Wildman–Crippen LogP) is 0.0468. The van der Waals surface area contributed by atoms with Crippen LogP contribution < -0.4 is 5.43 Å². The monoisotopic (exact) mass is 127 g/mol. The van der Waals surface area contributed by atoms with E-state index >= 15 is 0 Å². The normalized spacial score (nSPS) is 32.0. The minimum absolute atomic E-state index is 0.347. The Morgan fingerprint density at radius 1 is 1.88 bits per heavy atom. The standard InChI is InChI=1S/C4H5N3S/c1-3-4(7-6-1)8-2-5-3/h2-3,6H,1H2. The van der Waals surface area contributed by atoms with Crippen LogP contribution in [0.25, 0.3) is 0 Å². The average Bonchev–Trinajstić information content (AvgIpc) is 2.15. The van der Waals surface area contributed by atoms with Crippen LogP contribution in [0.1, 0.15) is 0 Å². The number of nitrogens with zero attached hydrogens (tertiary/aromatic N) is 2. The van der Waals surface area contributed by atoms with Crippen LogP contribution in [0.15, 0.2) is 10.1 Å². The molecule has 0 amide bonds. The van der Waals surface area contributed by atoms with Crippen molar-refractivity contribution in [3.63, 3.8) is 0 Å². The van der Waals surface area contributed by atoms with Gasteiger partial charge in [0.25, 0.3) is 0 Å². The molecule has 0 aromatic heterocycles. The van der Waals surface area contributed by atoms with Crippen LogP contribution in [-0.4, -0.2) is 23.2 Å². The maximum absolute atomic E-state index is 4.14. The highest BCUT2D eigenvalue weighted by Crippen LogP contribution is 2.17. The Balaban J connectivity index is 2.28. The van der Waals surface area contributed by atoms with Crippen molar-refractivity contribution in [1.82, 2.24) is 5.43 Å². The number of rotatable bonds is 0. The molecule has 1 N–H and O–H groups in total. The fourth-order valence-corrected chi connectivity index (χ4v) is 1.49. The van der Waals surface area contributed by atoms with E-state index in [0.29, 0.717) is 6.04 Å². The van der Waals surface area contributed by atoms with Crippen molar-refractivity contribution in [1.29, 1.82) is 0 Å². The lowest BCUT2D eigenvalue weighted by Gasteiger charge is -1.91. The number of aliphatic imine (C=N–C) groups is 1. The third-order valence-corrected chi connectivity index (χ3v) is 2.01. The summed E-state index contributed by atoms with van der Waals surface area (Å²) in [4.78, 5) is 4.14. The van der Waals surface area contributed by atoms with Crippen molar-refractivity contribution in [3.8, 4) is 0 Å². The van der Waals surface area contributed by atoms with Crippen molar-refractivity contribution < 1.29 is 0 Å². The fraction of sp³-hybridized carbons (Fsp3) is 0.500. The second-order valence-electron chi connectivity index (χ2n) is 1.70. The molecule has 0 bridgehead atoms. The first-order valence-corrected chi connectivity index (χ1v) is 3.33. The van der Waals surface area contributed by atoms with Gasteiger partial charge < -0.3 is 5.43 Å². The molecule has 8 heavy (non-hydrogen) atoms. The maximum atomic E-state index is 4.14. The molecule has 2 aliphatic heterocycles. The molecule has 0 radical (unpaired) electrons. The van der Waals surface area contributed by atoms with Gasteiger partial charge in [0.05, 0.1) is 12.1 Å². The molecule has 4 heteroatoms. The Kier molecular flexibility index (Phi) is 0.811. The number of thioether (sulfide) groups is 1. The summed E-state index contributed by atoms with van der Waals surface area (Å²) in [6, 6.07) is 0.347. The number of hydrogen-bond donors (Lipinski definition) is 1. The average molecular weight is 127 g/mol. The van der Waals surface area contributed by atoms with E-state index in [-0.39, 0.29) is 0 Å². The van der Waals surface area contributed by atoms with Gasteiger partial charge in [-0.15, -0.1) is 0 Å². The Morgan fingerprint density at radius 2 is 2.88 bits per heavy atom. The van der Waals surface area contributed by atoms with Crippen LogP contribution in [0.4, 0.5) is 0 Å². The highest BCUT2D eigenvalue weighted by Gasteiger charge is 2.23. The molecule has 0 spiro atoms. The van der Waals surface area contributed by atoms with Gasteiger partial charge >= 0.3 is 0 Å². The van der Waals surface area contributed by atoms with Gasteiger partial charge in [-0.05, 0) is 0 Å². The van der Waals surface area contributed by atoms with Crippen molar-refractivity contribution in [3.05, 3.63) is 0 Å². The molecule has 0 fully saturated rings. The Labute approximate surface area is 51.3 Å². The lowest BCUT2D eigenvalue weighted by atomic mass is 10.4. The zero-order valence-electron chi connectivity index (χ0n) is 4.16. The molecule has 0 aromatic carbocycles. The molecule has 0 saturated heterocycles. The van der Waals surface area contributed by atoms with Crippen LogP contribution in [0, 0.1) is 0 Å². The molecular weight excluding hydrogens is 122 g/mol. The molecule has 3 nitrogen and oxygen atoms in total. The molecule has 2 rings (SSSR count). The van der Waals surface area contributed by atoms with Crippen molar-refractivity contribution in [2.75, 3.05) is 6.54 Å². The predicted molar refractivity (Wildman–Crippen MR) is 35.3 cm³/mol. The Morgan fingerprint density at radius 3 is 3.75 bits per heavy atom. The summed E-state index contributed by atoms with van der Waals surface area (Å²) in [5.74, 6) is 0. The van der Waals surface area contributed by atoms with Gasteiger partial charge in [-0.25, -0.2) is 0 Å². The van der Waals surface area contributed by atoms with E-state index in [2.05, 4.69) is 15.5 Å². The van der Waals surface area contributed by atoms with Crippen LogP contribution in [0.2, 0.25) is 0 Å². The van der Waals surface area contributed by atoms with Crippen LogP contribution in [-0.2, 0) is 0 Å². The molecule has 0 saturated carbocycles. The Hall–Kier alpha value is -0.510. The second-order valence-corrected chi connectivity index (χ2v) is 2.57. The van der Waals surface area contributed by atoms with Crippen molar-refractivity contribution in [2.45, 2.75) is 6.04 Å². The summed E-state index contributed by atoms with van der Waals surface area (Å²) in [5.41, 5.74) is 4.73. The third kappa shape index (κ3) is 0.461. The number of hydrogen-bond acceptors (Lipinski definition) is 4. The van der Waals surface area contributed by atoms with Crippen LogP contribution in [0.3, 0.4) is 0 Å². The topological polar surface area (TPSA) is 36.8 Å². The summed E-state index contributed by atoms with van der Waals surface area (Å²) in [5, 5.41) is 5.12. The Bertz CT molecular complexity index is 163.